The van der Waals surface area contributed by atoms with Crippen LogP contribution in [0.5, 0.6) is 0 Å². The van der Waals surface area contributed by atoms with E-state index in [1.807, 2.05) is 0 Å². The second-order valence-corrected chi connectivity index (χ2v) is 3.82. The van der Waals surface area contributed by atoms with Gasteiger partial charge in [-0.25, -0.2) is 0 Å². The lowest BCUT2D eigenvalue weighted by Gasteiger charge is -2.31. The van der Waals surface area contributed by atoms with Crippen molar-refractivity contribution in [3.05, 3.63) is 0 Å². The zero-order chi connectivity index (χ0) is 11.1. The highest BCUT2D eigenvalue weighted by molar-refractivity contribution is 5.77. The Labute approximate surface area is 90.8 Å². The van der Waals surface area contributed by atoms with Gasteiger partial charge < -0.3 is 9.64 Å². The first-order chi connectivity index (χ1) is 7.29. The number of nitriles is 1. The first kappa shape index (κ1) is 12.0. The Kier molecular flexibility index (Phi) is 5.13. The maximum absolute atomic E-state index is 11.8. The van der Waals surface area contributed by atoms with Crippen molar-refractivity contribution >= 4 is 5.91 Å². The van der Waals surface area contributed by atoms with E-state index >= 15 is 0 Å². The van der Waals surface area contributed by atoms with Crippen LogP contribution in [0.2, 0.25) is 0 Å². The van der Waals surface area contributed by atoms with Gasteiger partial charge in [-0.3, -0.25) is 4.79 Å². The van der Waals surface area contributed by atoms with Crippen LogP contribution in [-0.4, -0.2) is 37.1 Å². The van der Waals surface area contributed by atoms with Gasteiger partial charge in [-0.1, -0.05) is 0 Å². The van der Waals surface area contributed by atoms with Crippen molar-refractivity contribution in [2.75, 3.05) is 20.3 Å². The highest BCUT2D eigenvalue weighted by Crippen LogP contribution is 2.17. The highest BCUT2D eigenvalue weighted by Gasteiger charge is 2.25. The number of rotatable bonds is 4. The Morgan fingerprint density at radius 3 is 3.07 bits per heavy atom. The number of hydrogen-bond acceptors (Lipinski definition) is 3. The first-order valence-electron chi connectivity index (χ1n) is 5.47. The first-order valence-corrected chi connectivity index (χ1v) is 5.47. The normalized spacial score (nSPS) is 21.1. The van der Waals surface area contributed by atoms with Crippen molar-refractivity contribution in [1.82, 2.24) is 4.90 Å². The van der Waals surface area contributed by atoms with Gasteiger partial charge in [-0.2, -0.15) is 5.26 Å². The molecule has 0 aromatic heterocycles. The van der Waals surface area contributed by atoms with Gasteiger partial charge in [-0.15, -0.1) is 0 Å². The third-order valence-corrected chi connectivity index (χ3v) is 2.71. The SMILES string of the molecule is COCCCC(=O)N1CCCCC1C#N. The van der Waals surface area contributed by atoms with Gasteiger partial charge in [0.25, 0.3) is 0 Å². The van der Waals surface area contributed by atoms with Crippen LogP contribution >= 0.6 is 0 Å². The lowest BCUT2D eigenvalue weighted by atomic mass is 10.0. The lowest BCUT2D eigenvalue weighted by molar-refractivity contribution is -0.133. The number of amides is 1. The molecule has 1 heterocycles. The van der Waals surface area contributed by atoms with Crippen molar-refractivity contribution in [3.8, 4) is 6.07 Å². The van der Waals surface area contributed by atoms with Crippen LogP contribution in [0.4, 0.5) is 0 Å². The topological polar surface area (TPSA) is 53.3 Å². The molecule has 84 valence electrons. The number of nitrogens with zero attached hydrogens (tertiary/aromatic N) is 2. The minimum Gasteiger partial charge on any atom is -0.385 e. The van der Waals surface area contributed by atoms with E-state index in [9.17, 15) is 4.79 Å². The summed E-state index contributed by atoms with van der Waals surface area (Å²) in [6.07, 6.45) is 4.14. The molecule has 0 aromatic carbocycles. The summed E-state index contributed by atoms with van der Waals surface area (Å²) < 4.78 is 4.90. The second-order valence-electron chi connectivity index (χ2n) is 3.82. The van der Waals surface area contributed by atoms with Gasteiger partial charge >= 0.3 is 0 Å². The third-order valence-electron chi connectivity index (χ3n) is 2.71. The molecule has 0 spiro atoms. The van der Waals surface area contributed by atoms with Crippen molar-refractivity contribution in [1.29, 1.82) is 5.26 Å². The standard InChI is InChI=1S/C11H18N2O2/c1-15-8-4-6-11(14)13-7-3-2-5-10(13)9-12/h10H,2-8H2,1H3. The monoisotopic (exact) mass is 210 g/mol. The van der Waals surface area contributed by atoms with E-state index < -0.39 is 0 Å². The van der Waals surface area contributed by atoms with Gasteiger partial charge in [-0.05, 0) is 25.7 Å². The van der Waals surface area contributed by atoms with E-state index in [0.29, 0.717) is 13.0 Å². The fourth-order valence-corrected chi connectivity index (χ4v) is 1.88. The molecule has 1 rings (SSSR count). The molecular weight excluding hydrogens is 192 g/mol. The van der Waals surface area contributed by atoms with Gasteiger partial charge in [0.15, 0.2) is 0 Å². The summed E-state index contributed by atoms with van der Waals surface area (Å²) in [5.74, 6) is 0.0956. The molecule has 1 saturated heterocycles. The number of ether oxygens (including phenoxy) is 1. The largest absolute Gasteiger partial charge is 0.385 e. The zero-order valence-electron chi connectivity index (χ0n) is 9.24. The predicted octanol–water partition coefficient (Wildman–Crippen LogP) is 1.32. The molecular formula is C11H18N2O2. The third kappa shape index (κ3) is 3.52. The summed E-state index contributed by atoms with van der Waals surface area (Å²) in [7, 11) is 1.63. The summed E-state index contributed by atoms with van der Waals surface area (Å²) in [4.78, 5) is 13.5. The number of likely N-dealkylation sites (tertiary alicyclic amines) is 1. The van der Waals surface area contributed by atoms with Gasteiger partial charge in [0.2, 0.25) is 5.91 Å². The van der Waals surface area contributed by atoms with Crippen LogP contribution in [-0.2, 0) is 9.53 Å². The molecule has 0 radical (unpaired) electrons. The van der Waals surface area contributed by atoms with Crippen molar-refractivity contribution in [3.63, 3.8) is 0 Å². The zero-order valence-corrected chi connectivity index (χ0v) is 9.24. The molecule has 15 heavy (non-hydrogen) atoms. The van der Waals surface area contributed by atoms with E-state index in [-0.39, 0.29) is 11.9 Å². The predicted molar refractivity (Wildman–Crippen MR) is 56.1 cm³/mol. The molecule has 4 heteroatoms. The van der Waals surface area contributed by atoms with Crippen LogP contribution in [0.1, 0.15) is 32.1 Å². The Morgan fingerprint density at radius 1 is 1.60 bits per heavy atom. The number of methoxy groups -OCH3 is 1. The second kappa shape index (κ2) is 6.41. The molecule has 0 aliphatic carbocycles. The smallest absolute Gasteiger partial charge is 0.223 e. The van der Waals surface area contributed by atoms with Crippen LogP contribution in [0.3, 0.4) is 0 Å². The molecule has 0 bridgehead atoms. The maximum Gasteiger partial charge on any atom is 0.223 e. The molecule has 4 nitrogen and oxygen atoms in total. The van der Waals surface area contributed by atoms with Gasteiger partial charge in [0.1, 0.15) is 6.04 Å². The molecule has 0 N–H and O–H groups in total. The molecule has 0 saturated carbocycles. The van der Waals surface area contributed by atoms with Crippen LogP contribution in [0.25, 0.3) is 0 Å². The van der Waals surface area contributed by atoms with Crippen molar-refractivity contribution in [2.24, 2.45) is 0 Å². The Bertz CT molecular complexity index is 247. The Morgan fingerprint density at radius 2 is 2.40 bits per heavy atom. The van der Waals surface area contributed by atoms with Crippen LogP contribution < -0.4 is 0 Å². The lowest BCUT2D eigenvalue weighted by Crippen LogP contribution is -2.42. The fraction of sp³-hybridized carbons (Fsp3) is 0.818. The summed E-state index contributed by atoms with van der Waals surface area (Å²) in [5, 5.41) is 8.91. The average Bonchev–Trinajstić information content (AvgIpc) is 2.29. The summed E-state index contributed by atoms with van der Waals surface area (Å²) in [5.41, 5.74) is 0. The van der Waals surface area contributed by atoms with E-state index in [1.54, 1.807) is 12.0 Å². The molecule has 1 atom stereocenters. The molecule has 0 aromatic rings. The number of carbonyl (C=O) groups is 1. The van der Waals surface area contributed by atoms with Crippen LogP contribution in [0.15, 0.2) is 0 Å². The quantitative estimate of drug-likeness (QED) is 0.657. The highest BCUT2D eigenvalue weighted by atomic mass is 16.5. The summed E-state index contributed by atoms with van der Waals surface area (Å²) >= 11 is 0. The summed E-state index contributed by atoms with van der Waals surface area (Å²) in [6.45, 7) is 1.35. The molecule has 1 amide bonds. The minimum absolute atomic E-state index is 0.0956. The van der Waals surface area contributed by atoms with E-state index in [0.717, 1.165) is 32.2 Å². The Balaban J connectivity index is 2.39. The molecule has 1 unspecified atom stereocenters. The van der Waals surface area contributed by atoms with E-state index in [2.05, 4.69) is 6.07 Å². The maximum atomic E-state index is 11.8. The van der Waals surface area contributed by atoms with Crippen molar-refractivity contribution < 1.29 is 9.53 Å². The molecule has 1 aliphatic rings. The van der Waals surface area contributed by atoms with E-state index in [4.69, 9.17) is 10.00 Å². The van der Waals surface area contributed by atoms with Gasteiger partial charge in [0.05, 0.1) is 6.07 Å². The number of piperidine rings is 1. The minimum atomic E-state index is -0.200. The number of carbonyl (C=O) groups excluding carboxylic acids is 1. The Hall–Kier alpha value is -1.08. The number of hydrogen-bond donors (Lipinski definition) is 0. The van der Waals surface area contributed by atoms with Crippen molar-refractivity contribution in [2.45, 2.75) is 38.1 Å². The fourth-order valence-electron chi connectivity index (χ4n) is 1.88. The average molecular weight is 210 g/mol. The molecule has 1 fully saturated rings. The van der Waals surface area contributed by atoms with E-state index in [1.165, 1.54) is 0 Å². The molecule has 1 aliphatic heterocycles. The van der Waals surface area contributed by atoms with Crippen LogP contribution in [0, 0.1) is 11.3 Å². The van der Waals surface area contributed by atoms with Gasteiger partial charge in [0, 0.05) is 26.7 Å². The summed E-state index contributed by atoms with van der Waals surface area (Å²) in [6, 6.07) is 2.00.